The van der Waals surface area contributed by atoms with Crippen molar-refractivity contribution in [2.45, 2.75) is 19.6 Å². The molecule has 164 valence electrons. The quantitative estimate of drug-likeness (QED) is 0.507. The summed E-state index contributed by atoms with van der Waals surface area (Å²) in [6.45, 7) is 0.812. The number of carbonyl (C=O) groups excluding carboxylic acids is 1. The number of nitrogens with one attached hydrogen (secondary N) is 1. The second-order valence-electron chi connectivity index (χ2n) is 6.85. The number of furan rings is 1. The van der Waals surface area contributed by atoms with Crippen molar-refractivity contribution in [3.05, 3.63) is 83.8 Å². The molecule has 3 rings (SSSR count). The third kappa shape index (κ3) is 6.78. The fourth-order valence-corrected chi connectivity index (χ4v) is 3.40. The van der Waals surface area contributed by atoms with E-state index >= 15 is 0 Å². The summed E-state index contributed by atoms with van der Waals surface area (Å²) in [5.41, 5.74) is 1.64. The zero-order valence-corrected chi connectivity index (χ0v) is 18.1. The van der Waals surface area contributed by atoms with Crippen LogP contribution in [-0.2, 0) is 29.8 Å². The van der Waals surface area contributed by atoms with Crippen molar-refractivity contribution in [2.75, 3.05) is 13.4 Å². The van der Waals surface area contributed by atoms with Gasteiger partial charge < -0.3 is 23.6 Å². The van der Waals surface area contributed by atoms with Crippen LogP contribution in [0, 0.1) is 0 Å². The highest BCUT2D eigenvalue weighted by atomic mass is 32.2. The number of hydrogen-bond acceptors (Lipinski definition) is 6. The average Bonchev–Trinajstić information content (AvgIpc) is 3.24. The molecule has 0 unspecified atom stereocenters. The molecule has 3 aromatic rings. The van der Waals surface area contributed by atoms with E-state index in [9.17, 15) is 13.2 Å². The third-order valence-corrected chi connectivity index (χ3v) is 4.83. The van der Waals surface area contributed by atoms with Gasteiger partial charge in [0.15, 0.2) is 11.5 Å². The van der Waals surface area contributed by atoms with Crippen LogP contribution in [0.15, 0.2) is 71.3 Å². The summed E-state index contributed by atoms with van der Waals surface area (Å²) in [6.07, 6.45) is 2.50. The van der Waals surface area contributed by atoms with E-state index in [0.717, 1.165) is 11.8 Å². The fourth-order valence-electron chi connectivity index (χ4n) is 2.94. The van der Waals surface area contributed by atoms with E-state index in [1.165, 1.54) is 7.11 Å². The predicted molar refractivity (Wildman–Crippen MR) is 115 cm³/mol. The Labute approximate surface area is 181 Å². The maximum atomic E-state index is 12.9. The number of urea groups is 1. The second kappa shape index (κ2) is 10.0. The first-order valence-corrected chi connectivity index (χ1v) is 11.3. The zero-order chi connectivity index (χ0) is 22.3. The Morgan fingerprint density at radius 1 is 1.00 bits per heavy atom. The van der Waals surface area contributed by atoms with Crippen LogP contribution >= 0.6 is 0 Å². The Bertz CT molecular complexity index is 1100. The molecule has 0 spiro atoms. The summed E-state index contributed by atoms with van der Waals surface area (Å²) >= 11 is 0. The summed E-state index contributed by atoms with van der Waals surface area (Å²) in [5.74, 6) is 0.960. The van der Waals surface area contributed by atoms with E-state index < -0.39 is 10.1 Å². The van der Waals surface area contributed by atoms with Crippen LogP contribution in [0.5, 0.6) is 11.5 Å². The Balaban J connectivity index is 1.79. The first-order valence-electron chi connectivity index (χ1n) is 9.49. The monoisotopic (exact) mass is 444 g/mol. The van der Waals surface area contributed by atoms with E-state index in [1.54, 1.807) is 41.5 Å². The number of amides is 2. The van der Waals surface area contributed by atoms with Crippen LogP contribution < -0.4 is 14.2 Å². The van der Waals surface area contributed by atoms with Gasteiger partial charge in [-0.2, -0.15) is 8.42 Å². The molecule has 1 heterocycles. The molecular formula is C22H24N2O6S. The summed E-state index contributed by atoms with van der Waals surface area (Å²) in [7, 11) is -2.32. The lowest BCUT2D eigenvalue weighted by Crippen LogP contribution is -2.38. The molecule has 0 saturated carbocycles. The van der Waals surface area contributed by atoms with E-state index in [1.807, 2.05) is 30.3 Å². The highest BCUT2D eigenvalue weighted by molar-refractivity contribution is 7.86. The standard InChI is InChI=1S/C22H24N2O6S/c1-28-20-11-10-18(13-21(20)30-31(2,26)27)15-24(16-19-9-6-12-29-19)22(25)23-14-17-7-4-3-5-8-17/h3-13H,14-16H2,1-2H3,(H,23,25). The number of ether oxygens (including phenoxy) is 1. The minimum absolute atomic E-state index is 0.0603. The van der Waals surface area contributed by atoms with Gasteiger partial charge in [-0.25, -0.2) is 4.79 Å². The van der Waals surface area contributed by atoms with Gasteiger partial charge in [-0.1, -0.05) is 36.4 Å². The van der Waals surface area contributed by atoms with Crippen molar-refractivity contribution in [3.63, 3.8) is 0 Å². The van der Waals surface area contributed by atoms with Gasteiger partial charge in [0.2, 0.25) is 0 Å². The molecule has 1 aromatic heterocycles. The van der Waals surface area contributed by atoms with Gasteiger partial charge in [0.25, 0.3) is 0 Å². The first kappa shape index (κ1) is 22.2. The normalized spacial score (nSPS) is 11.0. The summed E-state index contributed by atoms with van der Waals surface area (Å²) in [5, 5.41) is 2.90. The maximum Gasteiger partial charge on any atom is 0.318 e. The Hall–Kier alpha value is -3.46. The van der Waals surface area contributed by atoms with Gasteiger partial charge in [-0.3, -0.25) is 0 Å². The minimum Gasteiger partial charge on any atom is -0.493 e. The van der Waals surface area contributed by atoms with Crippen molar-refractivity contribution in [2.24, 2.45) is 0 Å². The topological polar surface area (TPSA) is 98.1 Å². The van der Waals surface area contributed by atoms with Gasteiger partial charge >= 0.3 is 16.1 Å². The SMILES string of the molecule is COc1ccc(CN(Cc2ccco2)C(=O)NCc2ccccc2)cc1OS(C)(=O)=O. The number of methoxy groups -OCH3 is 1. The van der Waals surface area contributed by atoms with Crippen molar-refractivity contribution in [1.29, 1.82) is 0 Å². The van der Waals surface area contributed by atoms with Crippen LogP contribution in [-0.4, -0.2) is 32.7 Å². The molecule has 0 aliphatic rings. The van der Waals surface area contributed by atoms with Crippen molar-refractivity contribution in [1.82, 2.24) is 10.2 Å². The second-order valence-corrected chi connectivity index (χ2v) is 8.43. The summed E-state index contributed by atoms with van der Waals surface area (Å²) in [6, 6.07) is 17.7. The molecule has 31 heavy (non-hydrogen) atoms. The lowest BCUT2D eigenvalue weighted by atomic mass is 10.2. The Morgan fingerprint density at radius 3 is 2.42 bits per heavy atom. The average molecular weight is 445 g/mol. The number of rotatable bonds is 9. The molecule has 2 amide bonds. The van der Waals surface area contributed by atoms with Crippen LogP contribution in [0.1, 0.15) is 16.9 Å². The largest absolute Gasteiger partial charge is 0.493 e. The van der Waals surface area contributed by atoms with E-state index in [4.69, 9.17) is 13.3 Å². The molecule has 0 bridgehead atoms. The Morgan fingerprint density at radius 2 is 1.77 bits per heavy atom. The predicted octanol–water partition coefficient (Wildman–Crippen LogP) is 3.54. The highest BCUT2D eigenvalue weighted by Crippen LogP contribution is 2.30. The number of nitrogens with zero attached hydrogens (tertiary/aromatic N) is 1. The van der Waals surface area contributed by atoms with E-state index in [-0.39, 0.29) is 30.6 Å². The summed E-state index contributed by atoms with van der Waals surface area (Å²) < 4.78 is 38.8. The lowest BCUT2D eigenvalue weighted by Gasteiger charge is -2.23. The Kier molecular flexibility index (Phi) is 7.19. The van der Waals surface area contributed by atoms with Gasteiger partial charge in [0, 0.05) is 13.1 Å². The molecule has 9 heteroatoms. The van der Waals surface area contributed by atoms with Gasteiger partial charge in [-0.05, 0) is 35.4 Å². The van der Waals surface area contributed by atoms with E-state index in [2.05, 4.69) is 5.32 Å². The molecule has 8 nitrogen and oxygen atoms in total. The molecule has 0 atom stereocenters. The minimum atomic E-state index is -3.74. The first-order chi connectivity index (χ1) is 14.8. The zero-order valence-electron chi connectivity index (χ0n) is 17.3. The van der Waals surface area contributed by atoms with E-state index in [0.29, 0.717) is 17.9 Å². The molecular weight excluding hydrogens is 420 g/mol. The highest BCUT2D eigenvalue weighted by Gasteiger charge is 2.18. The molecule has 0 fully saturated rings. The molecule has 2 aromatic carbocycles. The summed E-state index contributed by atoms with van der Waals surface area (Å²) in [4.78, 5) is 14.5. The van der Waals surface area contributed by atoms with Gasteiger partial charge in [0.05, 0.1) is 26.2 Å². The van der Waals surface area contributed by atoms with Gasteiger partial charge in [0.1, 0.15) is 5.76 Å². The molecule has 0 aliphatic carbocycles. The number of hydrogen-bond donors (Lipinski definition) is 1. The third-order valence-electron chi connectivity index (χ3n) is 4.34. The van der Waals surface area contributed by atoms with Crippen LogP contribution in [0.2, 0.25) is 0 Å². The maximum absolute atomic E-state index is 12.9. The lowest BCUT2D eigenvalue weighted by molar-refractivity contribution is 0.187. The number of carbonyl (C=O) groups is 1. The molecule has 0 aliphatic heterocycles. The van der Waals surface area contributed by atoms with Crippen molar-refractivity contribution < 1.29 is 26.5 Å². The van der Waals surface area contributed by atoms with Crippen LogP contribution in [0.3, 0.4) is 0 Å². The van der Waals surface area contributed by atoms with Gasteiger partial charge in [-0.15, -0.1) is 0 Å². The van der Waals surface area contributed by atoms with Crippen molar-refractivity contribution in [3.8, 4) is 11.5 Å². The fraction of sp³-hybridized carbons (Fsp3) is 0.227. The number of benzene rings is 2. The molecule has 0 saturated heterocycles. The molecule has 1 N–H and O–H groups in total. The smallest absolute Gasteiger partial charge is 0.318 e. The van der Waals surface area contributed by atoms with Crippen LogP contribution in [0.4, 0.5) is 4.79 Å². The van der Waals surface area contributed by atoms with Crippen LogP contribution in [0.25, 0.3) is 0 Å². The molecule has 0 radical (unpaired) electrons. The van der Waals surface area contributed by atoms with Crippen molar-refractivity contribution >= 4 is 16.1 Å².